The van der Waals surface area contributed by atoms with Crippen molar-refractivity contribution in [3.8, 4) is 0 Å². The van der Waals surface area contributed by atoms with Gasteiger partial charge in [-0.05, 0) is 13.3 Å². The summed E-state index contributed by atoms with van der Waals surface area (Å²) in [6.07, 6.45) is 8.67. The molecule has 0 spiro atoms. The molecule has 0 saturated carbocycles. The molecule has 154 valence electrons. The van der Waals surface area contributed by atoms with E-state index in [2.05, 4.69) is 46.6 Å². The number of rotatable bonds is 12. The standard InChI is InChI=1S/C19H37N7O/c1-6-8-9-10-11-16(3)23-19(21-14-18(27)25(4)5)20-12-13-26-15-22-24-17(26)7-2/h15-16H,6-14H2,1-5H3,(H2,20,21,23). The van der Waals surface area contributed by atoms with E-state index in [1.54, 1.807) is 25.3 Å². The average molecular weight is 380 g/mol. The molecule has 1 amide bonds. The molecule has 0 aromatic carbocycles. The van der Waals surface area contributed by atoms with Gasteiger partial charge in [-0.15, -0.1) is 10.2 Å². The smallest absolute Gasteiger partial charge is 0.243 e. The lowest BCUT2D eigenvalue weighted by atomic mass is 10.1. The molecule has 0 radical (unpaired) electrons. The first-order valence-corrected chi connectivity index (χ1v) is 10.1. The Bertz CT molecular complexity index is 568. The molecule has 1 aromatic rings. The van der Waals surface area contributed by atoms with Crippen molar-refractivity contribution >= 4 is 11.9 Å². The number of aryl methyl sites for hydroxylation is 1. The van der Waals surface area contributed by atoms with Crippen LogP contribution in [0.3, 0.4) is 0 Å². The number of hydrogen-bond donors (Lipinski definition) is 2. The van der Waals surface area contributed by atoms with Gasteiger partial charge in [0.15, 0.2) is 5.96 Å². The van der Waals surface area contributed by atoms with Gasteiger partial charge < -0.3 is 20.1 Å². The maximum Gasteiger partial charge on any atom is 0.243 e. The van der Waals surface area contributed by atoms with Crippen LogP contribution in [0.4, 0.5) is 0 Å². The molecule has 0 saturated heterocycles. The SMILES string of the molecule is CCCCCCC(C)NC(=NCC(=O)N(C)C)NCCn1cnnc1CC. The van der Waals surface area contributed by atoms with Crippen LogP contribution in [0.2, 0.25) is 0 Å². The number of amides is 1. The fourth-order valence-corrected chi connectivity index (χ4v) is 2.66. The van der Waals surface area contributed by atoms with E-state index >= 15 is 0 Å². The van der Waals surface area contributed by atoms with Crippen molar-refractivity contribution in [2.75, 3.05) is 27.2 Å². The van der Waals surface area contributed by atoms with Crippen LogP contribution in [0.1, 0.15) is 58.7 Å². The lowest BCUT2D eigenvalue weighted by Gasteiger charge is -2.19. The van der Waals surface area contributed by atoms with E-state index in [0.717, 1.165) is 25.2 Å². The third-order valence-corrected chi connectivity index (χ3v) is 4.40. The Balaban J connectivity index is 2.56. The monoisotopic (exact) mass is 379 g/mol. The summed E-state index contributed by atoms with van der Waals surface area (Å²) in [7, 11) is 3.49. The number of carbonyl (C=O) groups excluding carboxylic acids is 1. The van der Waals surface area contributed by atoms with Gasteiger partial charge in [-0.1, -0.05) is 39.5 Å². The van der Waals surface area contributed by atoms with Gasteiger partial charge in [-0.3, -0.25) is 4.79 Å². The maximum absolute atomic E-state index is 11.9. The van der Waals surface area contributed by atoms with Crippen LogP contribution in [-0.4, -0.2) is 64.8 Å². The van der Waals surface area contributed by atoms with E-state index in [1.165, 1.54) is 25.7 Å². The highest BCUT2D eigenvalue weighted by Crippen LogP contribution is 2.05. The summed E-state index contributed by atoms with van der Waals surface area (Å²) in [6.45, 7) is 8.02. The normalized spacial score (nSPS) is 12.7. The highest BCUT2D eigenvalue weighted by atomic mass is 16.2. The van der Waals surface area contributed by atoms with Crippen LogP contribution in [0.25, 0.3) is 0 Å². The summed E-state index contributed by atoms with van der Waals surface area (Å²) in [5.41, 5.74) is 0. The molecular weight excluding hydrogens is 342 g/mol. The average Bonchev–Trinajstić information content (AvgIpc) is 3.10. The summed E-state index contributed by atoms with van der Waals surface area (Å²) in [4.78, 5) is 17.9. The molecule has 8 nitrogen and oxygen atoms in total. The predicted octanol–water partition coefficient (Wildman–Crippen LogP) is 1.82. The number of aliphatic imine (C=N–C) groups is 1. The molecule has 0 bridgehead atoms. The zero-order chi connectivity index (χ0) is 20.1. The Labute approximate surface area is 163 Å². The number of carbonyl (C=O) groups is 1. The number of nitrogens with one attached hydrogen (secondary N) is 2. The van der Waals surface area contributed by atoms with Gasteiger partial charge in [0.05, 0.1) is 0 Å². The van der Waals surface area contributed by atoms with E-state index in [0.29, 0.717) is 18.5 Å². The second-order valence-electron chi connectivity index (χ2n) is 7.07. The van der Waals surface area contributed by atoms with Gasteiger partial charge in [0, 0.05) is 39.6 Å². The lowest BCUT2D eigenvalue weighted by Crippen LogP contribution is -2.44. The number of aromatic nitrogens is 3. The van der Waals surface area contributed by atoms with Crippen molar-refractivity contribution in [3.05, 3.63) is 12.2 Å². The van der Waals surface area contributed by atoms with Crippen molar-refractivity contribution in [1.29, 1.82) is 0 Å². The molecule has 0 fully saturated rings. The van der Waals surface area contributed by atoms with Crippen LogP contribution in [0.15, 0.2) is 11.3 Å². The fourth-order valence-electron chi connectivity index (χ4n) is 2.66. The maximum atomic E-state index is 11.9. The Morgan fingerprint density at radius 1 is 1.30 bits per heavy atom. The van der Waals surface area contributed by atoms with Gasteiger partial charge >= 0.3 is 0 Å². The second-order valence-corrected chi connectivity index (χ2v) is 7.07. The number of unbranched alkanes of at least 4 members (excludes halogenated alkanes) is 3. The zero-order valence-corrected chi connectivity index (χ0v) is 17.7. The van der Waals surface area contributed by atoms with Gasteiger partial charge in [0.2, 0.25) is 5.91 Å². The first kappa shape index (κ1) is 22.9. The topological polar surface area (TPSA) is 87.4 Å². The highest BCUT2D eigenvalue weighted by Gasteiger charge is 2.09. The number of guanidine groups is 1. The summed E-state index contributed by atoms with van der Waals surface area (Å²) < 4.78 is 2.03. The molecule has 1 rings (SSSR count). The minimum Gasteiger partial charge on any atom is -0.355 e. The molecule has 1 aromatic heterocycles. The largest absolute Gasteiger partial charge is 0.355 e. The van der Waals surface area contributed by atoms with Crippen LogP contribution < -0.4 is 10.6 Å². The number of nitrogens with zero attached hydrogens (tertiary/aromatic N) is 5. The molecule has 2 N–H and O–H groups in total. The van der Waals surface area contributed by atoms with Crippen molar-refractivity contribution in [2.24, 2.45) is 4.99 Å². The highest BCUT2D eigenvalue weighted by molar-refractivity contribution is 5.84. The lowest BCUT2D eigenvalue weighted by molar-refractivity contribution is -0.127. The summed E-state index contributed by atoms with van der Waals surface area (Å²) in [6, 6.07) is 0.309. The quantitative estimate of drug-likeness (QED) is 0.329. The Kier molecular flexibility index (Phi) is 11.1. The van der Waals surface area contributed by atoms with Gasteiger partial charge in [-0.2, -0.15) is 0 Å². The summed E-state index contributed by atoms with van der Waals surface area (Å²) in [5.74, 6) is 1.63. The third kappa shape index (κ3) is 9.40. The Hall–Kier alpha value is -2.12. The van der Waals surface area contributed by atoms with E-state index in [-0.39, 0.29) is 12.5 Å². The minimum absolute atomic E-state index is 0.0150. The molecule has 1 atom stereocenters. The van der Waals surface area contributed by atoms with Gasteiger partial charge in [0.1, 0.15) is 18.7 Å². The van der Waals surface area contributed by atoms with E-state index in [1.807, 2.05) is 4.57 Å². The molecule has 1 unspecified atom stereocenters. The number of hydrogen-bond acceptors (Lipinski definition) is 4. The van der Waals surface area contributed by atoms with Crippen molar-refractivity contribution in [3.63, 3.8) is 0 Å². The van der Waals surface area contributed by atoms with Crippen LogP contribution >= 0.6 is 0 Å². The third-order valence-electron chi connectivity index (χ3n) is 4.40. The summed E-state index contributed by atoms with van der Waals surface area (Å²) in [5, 5.41) is 14.8. The first-order valence-electron chi connectivity index (χ1n) is 10.1. The Morgan fingerprint density at radius 3 is 2.74 bits per heavy atom. The van der Waals surface area contributed by atoms with E-state index < -0.39 is 0 Å². The molecule has 0 aliphatic rings. The van der Waals surface area contributed by atoms with Crippen LogP contribution in [0.5, 0.6) is 0 Å². The predicted molar refractivity (Wildman–Crippen MR) is 110 cm³/mol. The molecule has 0 aliphatic carbocycles. The van der Waals surface area contributed by atoms with Crippen molar-refractivity contribution in [1.82, 2.24) is 30.3 Å². The minimum atomic E-state index is -0.0150. The molecule has 27 heavy (non-hydrogen) atoms. The van der Waals surface area contributed by atoms with Gasteiger partial charge in [-0.25, -0.2) is 4.99 Å². The van der Waals surface area contributed by atoms with Gasteiger partial charge in [0.25, 0.3) is 0 Å². The molecule has 8 heteroatoms. The fraction of sp³-hybridized carbons (Fsp3) is 0.789. The molecule has 0 aliphatic heterocycles. The second kappa shape index (κ2) is 13.1. The van der Waals surface area contributed by atoms with E-state index in [4.69, 9.17) is 0 Å². The van der Waals surface area contributed by atoms with Crippen molar-refractivity contribution < 1.29 is 4.79 Å². The molecule has 1 heterocycles. The van der Waals surface area contributed by atoms with E-state index in [9.17, 15) is 4.79 Å². The van der Waals surface area contributed by atoms with Crippen LogP contribution in [0, 0.1) is 0 Å². The number of likely N-dealkylation sites (N-methyl/N-ethyl adjacent to an activating group) is 1. The Morgan fingerprint density at radius 2 is 2.07 bits per heavy atom. The summed E-state index contributed by atoms with van der Waals surface area (Å²) >= 11 is 0. The van der Waals surface area contributed by atoms with Crippen LogP contribution in [-0.2, 0) is 17.8 Å². The molecular formula is C19H37N7O. The first-order chi connectivity index (χ1) is 13.0. The zero-order valence-electron chi connectivity index (χ0n) is 17.7. The van der Waals surface area contributed by atoms with Crippen molar-refractivity contribution in [2.45, 2.75) is 71.9 Å².